The van der Waals surface area contributed by atoms with Crippen molar-refractivity contribution < 1.29 is 14.6 Å². The van der Waals surface area contributed by atoms with Gasteiger partial charge in [-0.15, -0.1) is 0 Å². The number of carbonyl (C=O) groups excluding carboxylic acids is 1. The fraction of sp³-hybridized carbons (Fsp3) is 0.944. The molecule has 1 heterocycles. The van der Waals surface area contributed by atoms with Crippen molar-refractivity contribution in [3.05, 3.63) is 0 Å². The number of aliphatic hydroxyl groups is 1. The number of ketones is 1. The van der Waals surface area contributed by atoms with E-state index in [9.17, 15) is 9.90 Å². The average Bonchev–Trinajstić information content (AvgIpc) is 2.91. The van der Waals surface area contributed by atoms with E-state index in [2.05, 4.69) is 6.92 Å². The molecule has 5 atom stereocenters. The maximum absolute atomic E-state index is 12.2. The molecule has 21 heavy (non-hydrogen) atoms. The van der Waals surface area contributed by atoms with Gasteiger partial charge in [-0.1, -0.05) is 6.92 Å². The number of fused-ring (bicyclic) bond motifs is 1. The summed E-state index contributed by atoms with van der Waals surface area (Å²) in [5.74, 6) is 1.79. The molecule has 0 aromatic heterocycles. The molecule has 2 saturated carbocycles. The number of ether oxygens (including phenoxy) is 1. The van der Waals surface area contributed by atoms with Gasteiger partial charge in [0.1, 0.15) is 5.78 Å². The maximum atomic E-state index is 12.2. The van der Waals surface area contributed by atoms with Crippen LogP contribution in [0.4, 0.5) is 0 Å². The molecule has 3 rings (SSSR count). The van der Waals surface area contributed by atoms with Gasteiger partial charge in [0.15, 0.2) is 0 Å². The van der Waals surface area contributed by atoms with Crippen LogP contribution >= 0.6 is 0 Å². The molecule has 0 amide bonds. The van der Waals surface area contributed by atoms with Crippen LogP contribution in [0.3, 0.4) is 0 Å². The lowest BCUT2D eigenvalue weighted by Crippen LogP contribution is -2.41. The smallest absolute Gasteiger partial charge is 0.136 e. The van der Waals surface area contributed by atoms with Crippen LogP contribution in [0.15, 0.2) is 0 Å². The van der Waals surface area contributed by atoms with Crippen molar-refractivity contribution in [1.82, 2.24) is 0 Å². The SMILES string of the molecule is CC(C)(O)C[C@H]1CO[C@H]([C@H]2CC[C@H]3C(=O)CCC[C@]23C)C1. The second-order valence-electron chi connectivity index (χ2n) is 8.55. The van der Waals surface area contributed by atoms with Gasteiger partial charge >= 0.3 is 0 Å². The zero-order valence-corrected chi connectivity index (χ0v) is 13.7. The van der Waals surface area contributed by atoms with Crippen LogP contribution in [0.2, 0.25) is 0 Å². The number of Topliss-reactive ketones (excluding diaryl/α,β-unsaturated/α-hetero) is 1. The van der Waals surface area contributed by atoms with Crippen molar-refractivity contribution in [3.8, 4) is 0 Å². The van der Waals surface area contributed by atoms with Gasteiger partial charge in [-0.05, 0) is 69.6 Å². The summed E-state index contributed by atoms with van der Waals surface area (Å²) in [6, 6.07) is 0. The van der Waals surface area contributed by atoms with Gasteiger partial charge in [0.25, 0.3) is 0 Å². The first kappa shape index (κ1) is 15.5. The Morgan fingerprint density at radius 2 is 2.14 bits per heavy atom. The lowest BCUT2D eigenvalue weighted by Gasteiger charge is -2.41. The van der Waals surface area contributed by atoms with Crippen LogP contribution in [-0.2, 0) is 9.53 Å². The van der Waals surface area contributed by atoms with Crippen molar-refractivity contribution in [2.45, 2.75) is 77.4 Å². The second kappa shape index (κ2) is 5.34. The minimum Gasteiger partial charge on any atom is -0.390 e. The summed E-state index contributed by atoms with van der Waals surface area (Å²) in [4.78, 5) is 12.2. The van der Waals surface area contributed by atoms with Gasteiger partial charge in [0.2, 0.25) is 0 Å². The summed E-state index contributed by atoms with van der Waals surface area (Å²) in [6.45, 7) is 6.87. The molecule has 0 unspecified atom stereocenters. The molecule has 0 aromatic rings. The van der Waals surface area contributed by atoms with Crippen LogP contribution in [0.5, 0.6) is 0 Å². The lowest BCUT2D eigenvalue weighted by molar-refractivity contribution is -0.130. The van der Waals surface area contributed by atoms with E-state index < -0.39 is 5.60 Å². The van der Waals surface area contributed by atoms with Crippen LogP contribution in [0.1, 0.15) is 65.7 Å². The molecule has 0 aromatic carbocycles. The highest BCUT2D eigenvalue weighted by Crippen LogP contribution is 2.57. The largest absolute Gasteiger partial charge is 0.390 e. The topological polar surface area (TPSA) is 46.5 Å². The number of rotatable bonds is 3. The normalized spacial score (nSPS) is 44.1. The summed E-state index contributed by atoms with van der Waals surface area (Å²) in [5, 5.41) is 10.0. The van der Waals surface area contributed by atoms with E-state index in [1.807, 2.05) is 13.8 Å². The Morgan fingerprint density at radius 3 is 2.86 bits per heavy atom. The predicted molar refractivity (Wildman–Crippen MR) is 81.9 cm³/mol. The summed E-state index contributed by atoms with van der Waals surface area (Å²) in [7, 11) is 0. The quantitative estimate of drug-likeness (QED) is 0.868. The molecule has 3 heteroatoms. The summed E-state index contributed by atoms with van der Waals surface area (Å²) < 4.78 is 6.12. The molecule has 3 nitrogen and oxygen atoms in total. The molecular weight excluding hydrogens is 264 g/mol. The van der Waals surface area contributed by atoms with Crippen LogP contribution in [0, 0.1) is 23.2 Å². The molecule has 2 aliphatic carbocycles. The maximum Gasteiger partial charge on any atom is 0.136 e. The molecule has 1 aliphatic heterocycles. The van der Waals surface area contributed by atoms with Crippen LogP contribution in [-0.4, -0.2) is 29.2 Å². The van der Waals surface area contributed by atoms with E-state index in [1.54, 1.807) is 0 Å². The Labute approximate surface area is 128 Å². The number of carbonyl (C=O) groups is 1. The molecule has 3 fully saturated rings. The summed E-state index contributed by atoms with van der Waals surface area (Å²) >= 11 is 0. The highest BCUT2D eigenvalue weighted by atomic mass is 16.5. The fourth-order valence-electron chi connectivity index (χ4n) is 5.43. The summed E-state index contributed by atoms with van der Waals surface area (Å²) in [5.41, 5.74) is -0.435. The van der Waals surface area contributed by atoms with Crippen molar-refractivity contribution in [3.63, 3.8) is 0 Å². The fourth-order valence-corrected chi connectivity index (χ4v) is 5.43. The molecule has 0 radical (unpaired) electrons. The first-order chi connectivity index (χ1) is 9.79. The van der Waals surface area contributed by atoms with Gasteiger partial charge in [-0.3, -0.25) is 4.79 Å². The predicted octanol–water partition coefficient (Wildman–Crippen LogP) is 3.34. The van der Waals surface area contributed by atoms with Crippen LogP contribution in [0.25, 0.3) is 0 Å². The Hall–Kier alpha value is -0.410. The molecule has 0 spiro atoms. The van der Waals surface area contributed by atoms with Crippen molar-refractivity contribution >= 4 is 5.78 Å². The third-order valence-electron chi connectivity index (χ3n) is 6.29. The molecule has 0 bridgehead atoms. The Kier molecular flexibility index (Phi) is 3.94. The van der Waals surface area contributed by atoms with E-state index >= 15 is 0 Å². The van der Waals surface area contributed by atoms with Crippen molar-refractivity contribution in [2.24, 2.45) is 23.2 Å². The molecule has 1 N–H and O–H groups in total. The van der Waals surface area contributed by atoms with E-state index in [-0.39, 0.29) is 11.3 Å². The minimum atomic E-state index is -0.605. The first-order valence-electron chi connectivity index (χ1n) is 8.66. The van der Waals surface area contributed by atoms with Gasteiger partial charge in [0.05, 0.1) is 11.7 Å². The van der Waals surface area contributed by atoms with Gasteiger partial charge in [-0.25, -0.2) is 0 Å². The van der Waals surface area contributed by atoms with Crippen LogP contribution < -0.4 is 0 Å². The van der Waals surface area contributed by atoms with Crippen molar-refractivity contribution in [2.75, 3.05) is 6.61 Å². The highest BCUT2D eigenvalue weighted by Gasteiger charge is 2.54. The van der Waals surface area contributed by atoms with E-state index in [1.165, 1.54) is 6.42 Å². The standard InChI is InChI=1S/C18H30O3/c1-17(2,20)10-12-9-16(21-11-12)14-7-6-13-15(19)5-4-8-18(13,14)3/h12-14,16,20H,4-11H2,1-3H3/t12-,13-,14+,16-,18-/m0/s1. The second-order valence-corrected chi connectivity index (χ2v) is 8.55. The first-order valence-corrected chi connectivity index (χ1v) is 8.66. The Bertz CT molecular complexity index is 411. The van der Waals surface area contributed by atoms with Gasteiger partial charge in [0, 0.05) is 18.9 Å². The average molecular weight is 294 g/mol. The van der Waals surface area contributed by atoms with Gasteiger partial charge in [-0.2, -0.15) is 0 Å². The zero-order chi connectivity index (χ0) is 15.3. The number of hydrogen-bond acceptors (Lipinski definition) is 3. The van der Waals surface area contributed by atoms with E-state index in [0.29, 0.717) is 23.7 Å². The van der Waals surface area contributed by atoms with E-state index in [4.69, 9.17) is 4.74 Å². The zero-order valence-electron chi connectivity index (χ0n) is 13.7. The summed E-state index contributed by atoms with van der Waals surface area (Å²) in [6.07, 6.45) is 7.42. The van der Waals surface area contributed by atoms with E-state index in [0.717, 1.165) is 45.1 Å². The third-order valence-corrected chi connectivity index (χ3v) is 6.29. The molecular formula is C18H30O3. The monoisotopic (exact) mass is 294 g/mol. The third kappa shape index (κ3) is 2.92. The number of hydrogen-bond donors (Lipinski definition) is 1. The Morgan fingerprint density at radius 1 is 1.38 bits per heavy atom. The Balaban J connectivity index is 1.67. The highest BCUT2D eigenvalue weighted by molar-refractivity contribution is 5.83. The molecule has 1 saturated heterocycles. The van der Waals surface area contributed by atoms with Gasteiger partial charge < -0.3 is 9.84 Å². The minimum absolute atomic E-state index is 0.170. The molecule has 3 aliphatic rings. The van der Waals surface area contributed by atoms with Crippen molar-refractivity contribution in [1.29, 1.82) is 0 Å². The molecule has 120 valence electrons. The lowest BCUT2D eigenvalue weighted by atomic mass is 9.63.